The fourth-order valence-corrected chi connectivity index (χ4v) is 10.2. The second kappa shape index (κ2) is 25.9. The van der Waals surface area contributed by atoms with Crippen molar-refractivity contribution in [2.45, 2.75) is 59.7 Å². The van der Waals surface area contributed by atoms with Crippen molar-refractivity contribution >= 4 is 63.1 Å². The molecule has 0 saturated heterocycles. The van der Waals surface area contributed by atoms with E-state index >= 15 is 0 Å². The number of likely N-dealkylation sites (N-methyl/N-ethyl adjacent to an activating group) is 3. The van der Waals surface area contributed by atoms with Gasteiger partial charge in [0, 0.05) is 87.9 Å². The van der Waals surface area contributed by atoms with E-state index in [2.05, 4.69) is 12.9 Å². The summed E-state index contributed by atoms with van der Waals surface area (Å²) in [6.45, 7) is 12.2. The van der Waals surface area contributed by atoms with E-state index < -0.39 is 69.7 Å². The van der Waals surface area contributed by atoms with Crippen molar-refractivity contribution in [3.8, 4) is 0 Å². The monoisotopic (exact) mass is 1870 g/mol. The first kappa shape index (κ1) is 68.0. The number of nitrogens with zero attached hydrogens (tertiary/aromatic N) is 3. The van der Waals surface area contributed by atoms with Gasteiger partial charge in [-0.1, -0.05) is 0 Å². The Morgan fingerprint density at radius 1 is 0.520 bits per heavy atom. The zero-order chi connectivity index (χ0) is 37.3. The van der Waals surface area contributed by atoms with E-state index in [4.69, 9.17) is 9.79 Å². The predicted molar refractivity (Wildman–Crippen MR) is 167 cm³/mol. The van der Waals surface area contributed by atoms with Crippen LogP contribution >= 0.6 is 45.8 Å². The topological polar surface area (TPSA) is 292 Å². The van der Waals surface area contributed by atoms with Crippen LogP contribution in [0, 0.1) is 0 Å². The summed E-state index contributed by atoms with van der Waals surface area (Å²) in [7, 11) is -21.2. The number of carbonyl (C=O) groups is 3. The van der Waals surface area contributed by atoms with Gasteiger partial charge in [-0.3, -0.25) is 28.1 Å². The number of Topliss-reactive ketones (excluding diaryl/α,β-unsaturated/α-hetero) is 3. The molecule has 0 aromatic rings. The van der Waals surface area contributed by atoms with Gasteiger partial charge in [0.25, 0.3) is 7.52 Å². The summed E-state index contributed by atoms with van der Waals surface area (Å²) < 4.78 is 82.8. The Morgan fingerprint density at radius 2 is 0.760 bits per heavy atom. The zero-order valence-electron chi connectivity index (χ0n) is 29.9. The molecule has 0 aromatic heterocycles. The Labute approximate surface area is 323 Å². The molecule has 8 unspecified atom stereocenters. The average molecular weight is 1870 g/mol. The Balaban J connectivity index is -0.0000000866. The molecule has 5 N–H and O–H groups in total. The maximum Gasteiger partial charge on any atom is 0.486 e. The molecular formula is C19H47N3O17P6Re3Rf2. The number of ketones is 3. The van der Waals surface area contributed by atoms with Gasteiger partial charge < -0.3 is 24.5 Å². The van der Waals surface area contributed by atoms with Crippen LogP contribution in [0.2, 0.25) is 0 Å². The number of rotatable bonds is 15. The van der Waals surface area contributed by atoms with Crippen LogP contribution in [0.4, 0.5) is 0 Å². The summed E-state index contributed by atoms with van der Waals surface area (Å²) in [6.07, 6.45) is 0. The molecule has 0 saturated carbocycles. The molecule has 295 valence electrons. The van der Waals surface area contributed by atoms with Gasteiger partial charge in [0.15, 0.2) is 0 Å². The van der Waals surface area contributed by atoms with Crippen LogP contribution in [0.3, 0.4) is 0 Å². The van der Waals surface area contributed by atoms with Gasteiger partial charge in [0.1, 0.15) is 17.3 Å². The van der Waals surface area contributed by atoms with Crippen LogP contribution in [0.15, 0.2) is 0 Å². The van der Waals surface area contributed by atoms with E-state index in [1.165, 1.54) is 60.0 Å². The molecule has 0 aromatic carbocycles. The van der Waals surface area contributed by atoms with Gasteiger partial charge in [-0.25, -0.2) is 36.3 Å². The summed E-state index contributed by atoms with van der Waals surface area (Å²) in [5.74, 6) is -0.895. The Bertz CT molecular complexity index is 1350. The fourth-order valence-electron chi connectivity index (χ4n) is 2.26. The summed E-state index contributed by atoms with van der Waals surface area (Å²) >= 11 is 0. The van der Waals surface area contributed by atoms with Gasteiger partial charge >= 0.3 is 30.9 Å². The van der Waals surface area contributed by atoms with E-state index in [0.29, 0.717) is 4.67 Å². The van der Waals surface area contributed by atoms with E-state index in [9.17, 15) is 56.5 Å². The molecule has 0 fully saturated rings. The third-order valence-corrected chi connectivity index (χ3v) is 15.5. The van der Waals surface area contributed by atoms with Crippen LogP contribution < -0.4 is 0 Å². The van der Waals surface area contributed by atoms with E-state index in [0.717, 1.165) is 31.7 Å². The molecule has 0 aliphatic heterocycles. The van der Waals surface area contributed by atoms with Crippen molar-refractivity contribution in [2.75, 3.05) is 47.8 Å². The minimum absolute atomic E-state index is 0. The van der Waals surface area contributed by atoms with E-state index in [1.807, 2.05) is 0 Å². The number of hydrogen-bond donors (Lipinski definition) is 5. The summed E-state index contributed by atoms with van der Waals surface area (Å²) in [5, 5.41) is 0. The van der Waals surface area contributed by atoms with Crippen molar-refractivity contribution in [1.29, 1.82) is 0 Å². The van der Waals surface area contributed by atoms with E-state index in [1.54, 1.807) is 6.92 Å². The Kier molecular flexibility index (Phi) is 35.2. The second-order valence-electron chi connectivity index (χ2n) is 10.2. The molecule has 0 spiro atoms. The maximum atomic E-state index is 11.8. The zero-order valence-corrected chi connectivity index (χ0v) is 56.3. The quantitative estimate of drug-likeness (QED) is 0.147. The average Bonchev–Trinajstić information content (AvgIpc) is 2.77. The first-order chi connectivity index (χ1) is 19.4. The SMILES string of the molecule is CC(=O)C(C)N(C)P(=O)(O)OP(=O)(O)OP(C)(C)=O.CC(=O)C(C)N(C)P(=O)(O)OP(C)(=O)O.CC(=O)C(C)N(C)P(C)(=O)O.[Re].[Re].[Re].[Rf].[Rf]. The molecule has 50 heavy (non-hydrogen) atoms. The van der Waals surface area contributed by atoms with Crippen LogP contribution in [-0.4, -0.2) is 122 Å². The first-order valence-electron chi connectivity index (χ1n) is 12.4. The molecule has 0 amide bonds. The van der Waals surface area contributed by atoms with Crippen LogP contribution in [0.25, 0.3) is 0 Å². The molecule has 20 nitrogen and oxygen atoms in total. The minimum atomic E-state index is -4.99. The predicted octanol–water partition coefficient (Wildman–Crippen LogP) is 3.20. The van der Waals surface area contributed by atoms with Crippen molar-refractivity contribution in [3.05, 3.63) is 0 Å². The number of hydrogen-bond acceptors (Lipinski definition) is 12. The fraction of sp³-hybridized carbons (Fsp3) is 0.842. The maximum absolute atomic E-state index is 11.8. The van der Waals surface area contributed by atoms with Crippen molar-refractivity contribution in [1.82, 2.24) is 14.0 Å². The molecule has 0 bridgehead atoms. The third-order valence-electron chi connectivity index (χ3n) is 5.60. The van der Waals surface area contributed by atoms with Gasteiger partial charge in [0.05, 0.1) is 18.1 Å². The van der Waals surface area contributed by atoms with Gasteiger partial charge in [-0.15, -0.1) is 0 Å². The molecule has 31 heteroatoms. The van der Waals surface area contributed by atoms with Gasteiger partial charge in [-0.05, 0) is 62.7 Å². The molecule has 3 radical (unpaired) electrons. The first-order valence-corrected chi connectivity index (χ1v) is 23.6. The summed E-state index contributed by atoms with van der Waals surface area (Å²) in [4.78, 5) is 78.7. The van der Waals surface area contributed by atoms with Crippen molar-refractivity contribution in [2.24, 2.45) is 0 Å². The molecular weight excluding hydrogens is 1820 g/mol. The van der Waals surface area contributed by atoms with Gasteiger partial charge in [-0.2, -0.15) is 4.31 Å². The second-order valence-corrected chi connectivity index (χ2v) is 22.7. The number of carbonyl (C=O) groups excluding carboxylic acids is 3. The standard InChI is InChI=1S/C7H18NO8P3.C6H15NO6P2.C6H14NO3P.3Re.2Rf/c1-6(7(2)9)8(3)18(11,12)16-19(13,14)15-17(4,5)10;1-5(6(2)8)7(3)15(11,12)13-14(4,9)10;1-5(6(2)8)7(3)11(4,9)10;;;;;/h6H,1-5H3,(H,11,12)(H,13,14);5H,1-4H3,(H,9,10)(H,11,12);5H,1-4H3,(H,9,10);;;;;. The largest absolute Gasteiger partial charge is 0.486 e. The molecule has 0 aliphatic carbocycles. The van der Waals surface area contributed by atoms with Gasteiger partial charge in [0.2, 0.25) is 7.37 Å². The summed E-state index contributed by atoms with van der Waals surface area (Å²) in [6, 6.07) is -2.37. The van der Waals surface area contributed by atoms with E-state index in [-0.39, 0.29) is 72.8 Å². The summed E-state index contributed by atoms with van der Waals surface area (Å²) in [5.41, 5.74) is 0. The molecule has 8 atom stereocenters. The van der Waals surface area contributed by atoms with Crippen LogP contribution in [0.5, 0.6) is 0 Å². The molecule has 0 rings (SSSR count). The normalized spacial score (nSPS) is 18.7. The Morgan fingerprint density at radius 3 is 0.940 bits per heavy atom. The third kappa shape index (κ3) is 29.4. The minimum Gasteiger partial charge on any atom is -0.333 e. The Hall–Kier alpha value is -0.0630. The smallest absolute Gasteiger partial charge is 0.333 e. The van der Waals surface area contributed by atoms with Crippen molar-refractivity contribution < 1.29 is 140 Å². The van der Waals surface area contributed by atoms with Crippen molar-refractivity contribution in [3.63, 3.8) is 0 Å². The number of phosphoric acid groups is 1. The molecule has 0 heterocycles. The molecule has 0 aliphatic rings. The van der Waals surface area contributed by atoms with Crippen LogP contribution in [-0.2, 0) is 116 Å². The van der Waals surface area contributed by atoms with Crippen LogP contribution in [0.1, 0.15) is 41.5 Å².